The molecular weight excluding hydrogens is 318 g/mol. The van der Waals surface area contributed by atoms with Gasteiger partial charge in [-0.15, -0.1) is 0 Å². The maximum absolute atomic E-state index is 12.9. The molecule has 2 heterocycles. The van der Waals surface area contributed by atoms with Crippen LogP contribution < -0.4 is 4.74 Å². The van der Waals surface area contributed by atoms with Gasteiger partial charge in [-0.05, 0) is 43.0 Å². The van der Waals surface area contributed by atoms with E-state index < -0.39 is 0 Å². The number of ether oxygens (including phenoxy) is 1. The summed E-state index contributed by atoms with van der Waals surface area (Å²) in [5, 5.41) is 0. The first-order valence-corrected chi connectivity index (χ1v) is 8.84. The van der Waals surface area contributed by atoms with Crippen LogP contribution in [0.2, 0.25) is 0 Å². The summed E-state index contributed by atoms with van der Waals surface area (Å²) in [5.41, 5.74) is 1.15. The number of likely N-dealkylation sites (N-methyl/N-ethyl adjacent to an activating group) is 1. The fourth-order valence-corrected chi connectivity index (χ4v) is 3.76. The molecular formula is C19H27N3O3. The molecule has 1 aromatic rings. The lowest BCUT2D eigenvalue weighted by Crippen LogP contribution is -2.59. The van der Waals surface area contributed by atoms with E-state index in [9.17, 15) is 9.59 Å². The van der Waals surface area contributed by atoms with Gasteiger partial charge in [0.1, 0.15) is 5.75 Å². The van der Waals surface area contributed by atoms with Crippen molar-refractivity contribution in [3.05, 3.63) is 29.8 Å². The quantitative estimate of drug-likeness (QED) is 0.805. The maximum atomic E-state index is 12.9. The Bertz CT molecular complexity index is 647. The molecule has 2 saturated heterocycles. The Kier molecular flexibility index (Phi) is 5.27. The minimum absolute atomic E-state index is 0.0207. The smallest absolute Gasteiger partial charge is 0.241 e. The molecule has 2 amide bonds. The highest BCUT2D eigenvalue weighted by Gasteiger charge is 2.41. The zero-order valence-corrected chi connectivity index (χ0v) is 15.3. The normalized spacial score (nSPS) is 23.5. The molecule has 2 atom stereocenters. The lowest BCUT2D eigenvalue weighted by molar-refractivity contribution is -0.150. The van der Waals surface area contributed by atoms with Crippen LogP contribution in [0.5, 0.6) is 5.75 Å². The number of nitrogens with zero attached hydrogens (tertiary/aromatic N) is 3. The van der Waals surface area contributed by atoms with E-state index in [1.807, 2.05) is 18.2 Å². The molecule has 0 aliphatic carbocycles. The summed E-state index contributed by atoms with van der Waals surface area (Å²) in [6, 6.07) is 7.87. The standard InChI is InChI=1S/C19H27N3O3/c1-20(2)18(23)13-22-12-15-7-8-21(17(10-15)19(22)24)11-14-5-4-6-16(9-14)25-3/h4-6,9,15,17H,7-8,10-13H2,1-3H3/t15-,17+/m0/s1. The number of piperidine rings is 2. The second-order valence-electron chi connectivity index (χ2n) is 7.24. The van der Waals surface area contributed by atoms with E-state index in [2.05, 4.69) is 11.0 Å². The van der Waals surface area contributed by atoms with Gasteiger partial charge in [-0.1, -0.05) is 12.1 Å². The van der Waals surface area contributed by atoms with Gasteiger partial charge in [0.2, 0.25) is 11.8 Å². The van der Waals surface area contributed by atoms with Crippen molar-refractivity contribution in [1.29, 1.82) is 0 Å². The lowest BCUT2D eigenvalue weighted by atomic mass is 9.85. The van der Waals surface area contributed by atoms with E-state index in [1.54, 1.807) is 31.0 Å². The molecule has 6 heteroatoms. The van der Waals surface area contributed by atoms with Crippen LogP contribution in [0.15, 0.2) is 24.3 Å². The second kappa shape index (κ2) is 7.44. The number of hydrogen-bond donors (Lipinski definition) is 0. The van der Waals surface area contributed by atoms with Gasteiger partial charge >= 0.3 is 0 Å². The minimum atomic E-state index is -0.117. The first-order chi connectivity index (χ1) is 12.0. The second-order valence-corrected chi connectivity index (χ2v) is 7.24. The SMILES string of the molecule is COc1cccc(CN2CC[C@H]3C[C@@H]2C(=O)N(CC(=O)N(C)C)C3)c1. The van der Waals surface area contributed by atoms with E-state index in [-0.39, 0.29) is 24.4 Å². The van der Waals surface area contributed by atoms with Crippen LogP contribution in [-0.2, 0) is 16.1 Å². The summed E-state index contributed by atoms with van der Waals surface area (Å²) in [7, 11) is 5.12. The van der Waals surface area contributed by atoms with Gasteiger partial charge in [0.25, 0.3) is 0 Å². The van der Waals surface area contributed by atoms with Crippen LogP contribution in [0, 0.1) is 5.92 Å². The molecule has 2 bridgehead atoms. The Morgan fingerprint density at radius 3 is 2.88 bits per heavy atom. The number of carbonyl (C=O) groups excluding carboxylic acids is 2. The van der Waals surface area contributed by atoms with Crippen LogP contribution in [0.3, 0.4) is 0 Å². The van der Waals surface area contributed by atoms with Crippen molar-refractivity contribution in [3.63, 3.8) is 0 Å². The Hall–Kier alpha value is -2.08. The molecule has 1 aromatic carbocycles. The number of fused-ring (bicyclic) bond motifs is 2. The molecule has 0 radical (unpaired) electrons. The highest BCUT2D eigenvalue weighted by molar-refractivity contribution is 5.88. The first kappa shape index (κ1) is 17.7. The largest absolute Gasteiger partial charge is 0.497 e. The van der Waals surface area contributed by atoms with E-state index in [4.69, 9.17) is 4.74 Å². The Morgan fingerprint density at radius 2 is 2.16 bits per heavy atom. The molecule has 2 fully saturated rings. The van der Waals surface area contributed by atoms with Gasteiger partial charge in [-0.3, -0.25) is 14.5 Å². The van der Waals surface area contributed by atoms with E-state index in [1.165, 1.54) is 0 Å². The van der Waals surface area contributed by atoms with E-state index in [0.29, 0.717) is 12.5 Å². The number of amides is 2. The third kappa shape index (κ3) is 3.95. The highest BCUT2D eigenvalue weighted by atomic mass is 16.5. The van der Waals surface area contributed by atoms with Gasteiger partial charge in [-0.2, -0.15) is 0 Å². The van der Waals surface area contributed by atoms with Crippen molar-refractivity contribution >= 4 is 11.8 Å². The lowest BCUT2D eigenvalue weighted by Gasteiger charge is -2.46. The average molecular weight is 345 g/mol. The van der Waals surface area contributed by atoms with E-state index in [0.717, 1.165) is 37.2 Å². The Balaban J connectivity index is 1.71. The Morgan fingerprint density at radius 1 is 1.36 bits per heavy atom. The van der Waals surface area contributed by atoms with Crippen molar-refractivity contribution in [2.24, 2.45) is 5.92 Å². The predicted molar refractivity (Wildman–Crippen MR) is 95.2 cm³/mol. The van der Waals surface area contributed by atoms with Crippen LogP contribution in [0.4, 0.5) is 0 Å². The summed E-state index contributed by atoms with van der Waals surface area (Å²) in [6.45, 7) is 2.55. The number of rotatable bonds is 5. The van der Waals surface area contributed by atoms with Crippen LogP contribution in [0.1, 0.15) is 18.4 Å². The summed E-state index contributed by atoms with van der Waals surface area (Å²) in [4.78, 5) is 30.5. The maximum Gasteiger partial charge on any atom is 0.241 e. The molecule has 0 aromatic heterocycles. The van der Waals surface area contributed by atoms with Crippen molar-refractivity contribution in [2.45, 2.75) is 25.4 Å². The van der Waals surface area contributed by atoms with Gasteiger partial charge in [0.15, 0.2) is 0 Å². The number of hydrogen-bond acceptors (Lipinski definition) is 4. The number of likely N-dealkylation sites (tertiary alicyclic amines) is 2. The molecule has 2 aliphatic rings. The van der Waals surface area contributed by atoms with Crippen LogP contribution >= 0.6 is 0 Å². The van der Waals surface area contributed by atoms with Crippen LogP contribution in [0.25, 0.3) is 0 Å². The highest BCUT2D eigenvalue weighted by Crippen LogP contribution is 2.31. The van der Waals surface area contributed by atoms with E-state index >= 15 is 0 Å². The summed E-state index contributed by atoms with van der Waals surface area (Å²) >= 11 is 0. The molecule has 0 unspecified atom stereocenters. The van der Waals surface area contributed by atoms with Crippen molar-refractivity contribution in [3.8, 4) is 5.75 Å². The van der Waals surface area contributed by atoms with Crippen molar-refractivity contribution < 1.29 is 14.3 Å². The molecule has 0 N–H and O–H groups in total. The van der Waals surface area contributed by atoms with Crippen LogP contribution in [-0.4, -0.2) is 73.4 Å². The first-order valence-electron chi connectivity index (χ1n) is 8.84. The van der Waals surface area contributed by atoms with Crippen molar-refractivity contribution in [2.75, 3.05) is 40.8 Å². The average Bonchev–Trinajstić information content (AvgIpc) is 2.61. The molecule has 6 nitrogen and oxygen atoms in total. The van der Waals surface area contributed by atoms with Crippen molar-refractivity contribution in [1.82, 2.24) is 14.7 Å². The topological polar surface area (TPSA) is 53.1 Å². The predicted octanol–water partition coefficient (Wildman–Crippen LogP) is 1.21. The molecule has 0 spiro atoms. The molecule has 136 valence electrons. The fourth-order valence-electron chi connectivity index (χ4n) is 3.76. The number of methoxy groups -OCH3 is 1. The zero-order valence-electron chi connectivity index (χ0n) is 15.3. The summed E-state index contributed by atoms with van der Waals surface area (Å²) < 4.78 is 5.29. The number of benzene rings is 1. The summed E-state index contributed by atoms with van der Waals surface area (Å²) in [6.07, 6.45) is 1.97. The van der Waals surface area contributed by atoms with Gasteiger partial charge in [0.05, 0.1) is 19.7 Å². The third-order valence-electron chi connectivity index (χ3n) is 5.24. The summed E-state index contributed by atoms with van der Waals surface area (Å²) in [5.74, 6) is 1.40. The van der Waals surface area contributed by atoms with Gasteiger partial charge in [-0.25, -0.2) is 0 Å². The zero-order chi connectivity index (χ0) is 18.0. The fraction of sp³-hybridized carbons (Fsp3) is 0.579. The molecule has 2 aliphatic heterocycles. The molecule has 0 saturated carbocycles. The van der Waals surface area contributed by atoms with Gasteiger partial charge in [0, 0.05) is 27.2 Å². The monoisotopic (exact) mass is 345 g/mol. The minimum Gasteiger partial charge on any atom is -0.497 e. The Labute approximate surface area is 149 Å². The third-order valence-corrected chi connectivity index (χ3v) is 5.24. The number of carbonyl (C=O) groups is 2. The molecule has 25 heavy (non-hydrogen) atoms. The van der Waals surface area contributed by atoms with Gasteiger partial charge < -0.3 is 14.5 Å². The molecule has 3 rings (SSSR count).